The molecule has 1 unspecified atom stereocenters. The molecule has 140 valence electrons. The Labute approximate surface area is 153 Å². The van der Waals surface area contributed by atoms with Crippen molar-refractivity contribution in [3.05, 3.63) is 41.2 Å². The lowest BCUT2D eigenvalue weighted by Gasteiger charge is -2.29. The highest BCUT2D eigenvalue weighted by Gasteiger charge is 2.26. The first-order chi connectivity index (χ1) is 12.5. The van der Waals surface area contributed by atoms with Crippen LogP contribution < -0.4 is 5.73 Å². The smallest absolute Gasteiger partial charge is 0.163 e. The van der Waals surface area contributed by atoms with Crippen LogP contribution in [0.5, 0.6) is 0 Å². The van der Waals surface area contributed by atoms with Crippen molar-refractivity contribution < 1.29 is 14.6 Å². The zero-order chi connectivity index (χ0) is 18.7. The molecule has 3 rings (SSSR count). The van der Waals surface area contributed by atoms with Gasteiger partial charge in [-0.05, 0) is 19.4 Å². The highest BCUT2D eigenvalue weighted by Crippen LogP contribution is 2.34. The minimum Gasteiger partial charge on any atom is -0.401 e. The van der Waals surface area contributed by atoms with Crippen molar-refractivity contribution in [2.75, 3.05) is 32.8 Å². The van der Waals surface area contributed by atoms with Crippen LogP contribution in [-0.4, -0.2) is 53.6 Å². The Kier molecular flexibility index (Phi) is 5.76. The quantitative estimate of drug-likeness (QED) is 0.690. The summed E-state index contributed by atoms with van der Waals surface area (Å²) in [5.74, 6) is -0.101. The first-order valence-electron chi connectivity index (χ1n) is 9.11. The van der Waals surface area contributed by atoms with E-state index in [1.165, 1.54) is 6.92 Å². The fourth-order valence-corrected chi connectivity index (χ4v) is 3.57. The summed E-state index contributed by atoms with van der Waals surface area (Å²) >= 11 is 0. The number of carbonyl (C=O) groups is 1. The lowest BCUT2D eigenvalue weighted by atomic mass is 9.96. The van der Waals surface area contributed by atoms with E-state index in [-0.39, 0.29) is 5.78 Å². The number of aromatic amines is 1. The fraction of sp³-hybridized carbons (Fsp3) is 0.450. The Morgan fingerprint density at radius 1 is 1.35 bits per heavy atom. The highest BCUT2D eigenvalue weighted by atomic mass is 16.5. The van der Waals surface area contributed by atoms with Crippen LogP contribution in [0.25, 0.3) is 16.5 Å². The number of carbonyl (C=O) groups excluding carboxylic acids is 1. The van der Waals surface area contributed by atoms with E-state index in [1.54, 1.807) is 0 Å². The van der Waals surface area contributed by atoms with Gasteiger partial charge in [-0.15, -0.1) is 0 Å². The van der Waals surface area contributed by atoms with Gasteiger partial charge in [0.25, 0.3) is 0 Å². The molecule has 26 heavy (non-hydrogen) atoms. The number of fused-ring (bicyclic) bond motifs is 1. The Morgan fingerprint density at radius 3 is 2.69 bits per heavy atom. The second-order valence-corrected chi connectivity index (χ2v) is 6.70. The van der Waals surface area contributed by atoms with E-state index < -0.39 is 6.10 Å². The Balaban J connectivity index is 2.08. The molecular weight excluding hydrogens is 330 g/mol. The van der Waals surface area contributed by atoms with Crippen LogP contribution in [0, 0.1) is 0 Å². The Morgan fingerprint density at radius 2 is 2.04 bits per heavy atom. The van der Waals surface area contributed by atoms with Gasteiger partial charge in [0.05, 0.1) is 30.6 Å². The number of nitrogens with zero attached hydrogens (tertiary/aromatic N) is 1. The number of aliphatic hydroxyl groups excluding tert-OH is 1. The summed E-state index contributed by atoms with van der Waals surface area (Å²) in [6, 6.07) is 7.78. The number of Topliss-reactive ketones (excluding diaryl/α,β-unsaturated/α-hetero) is 1. The molecule has 0 saturated carbocycles. The zero-order valence-corrected chi connectivity index (χ0v) is 15.4. The normalized spacial score (nSPS) is 18.0. The molecule has 1 saturated heterocycles. The standard InChI is InChI=1S/C20H27N3O3/c1-3-15(21)18(13(2)24)20-19(14-6-4-5-7-16(14)22-20)17(25)12-23-8-10-26-11-9-23/h4-7,17,22,25H,3,8-12,21H2,1-2H3/b18-15+. The summed E-state index contributed by atoms with van der Waals surface area (Å²) < 4.78 is 5.38. The van der Waals surface area contributed by atoms with E-state index in [2.05, 4.69) is 9.88 Å². The van der Waals surface area contributed by atoms with Crippen LogP contribution in [0.3, 0.4) is 0 Å². The fourth-order valence-electron chi connectivity index (χ4n) is 3.57. The number of nitrogens with two attached hydrogens (primary N) is 1. The molecule has 1 aliphatic rings. The number of nitrogens with one attached hydrogen (secondary N) is 1. The van der Waals surface area contributed by atoms with E-state index in [4.69, 9.17) is 10.5 Å². The summed E-state index contributed by atoms with van der Waals surface area (Å²) in [5.41, 5.74) is 9.43. The van der Waals surface area contributed by atoms with E-state index in [9.17, 15) is 9.90 Å². The van der Waals surface area contributed by atoms with Crippen molar-refractivity contribution in [3.8, 4) is 0 Å². The van der Waals surface area contributed by atoms with E-state index in [0.29, 0.717) is 43.1 Å². The second-order valence-electron chi connectivity index (χ2n) is 6.70. The van der Waals surface area contributed by atoms with Crippen molar-refractivity contribution in [3.63, 3.8) is 0 Å². The molecule has 4 N–H and O–H groups in total. The van der Waals surface area contributed by atoms with Crippen LogP contribution in [0.15, 0.2) is 30.0 Å². The number of rotatable bonds is 6. The number of hydrogen-bond donors (Lipinski definition) is 3. The molecule has 1 atom stereocenters. The third-order valence-electron chi connectivity index (χ3n) is 4.92. The molecule has 2 aromatic rings. The summed E-state index contributed by atoms with van der Waals surface area (Å²) in [5, 5.41) is 12.0. The van der Waals surface area contributed by atoms with Gasteiger partial charge in [0.15, 0.2) is 5.78 Å². The maximum Gasteiger partial charge on any atom is 0.163 e. The molecular formula is C20H27N3O3. The first-order valence-corrected chi connectivity index (χ1v) is 9.11. The highest BCUT2D eigenvalue weighted by molar-refractivity contribution is 6.21. The third-order valence-corrected chi connectivity index (χ3v) is 4.92. The number of para-hydroxylation sites is 1. The molecule has 0 spiro atoms. The van der Waals surface area contributed by atoms with Gasteiger partial charge in [0.2, 0.25) is 0 Å². The average Bonchev–Trinajstić information content (AvgIpc) is 3.01. The predicted molar refractivity (Wildman–Crippen MR) is 103 cm³/mol. The summed E-state index contributed by atoms with van der Waals surface area (Å²) in [6.45, 7) is 6.87. The number of aromatic nitrogens is 1. The lowest BCUT2D eigenvalue weighted by molar-refractivity contribution is -0.111. The predicted octanol–water partition coefficient (Wildman–Crippen LogP) is 2.20. The molecule has 0 radical (unpaired) electrons. The van der Waals surface area contributed by atoms with Crippen LogP contribution in [-0.2, 0) is 9.53 Å². The number of morpholine rings is 1. The largest absolute Gasteiger partial charge is 0.401 e. The summed E-state index contributed by atoms with van der Waals surface area (Å²) in [7, 11) is 0. The molecule has 2 heterocycles. The van der Waals surface area contributed by atoms with E-state index >= 15 is 0 Å². The molecule has 6 nitrogen and oxygen atoms in total. The Bertz CT molecular complexity index is 819. The second kappa shape index (κ2) is 8.03. The van der Waals surface area contributed by atoms with Gasteiger partial charge in [0.1, 0.15) is 0 Å². The SMILES string of the molecule is CC/C(N)=C(/C(C)=O)c1[nH]c2ccccc2c1C(O)CN1CCOCC1. The van der Waals surface area contributed by atoms with Gasteiger partial charge in [0, 0.05) is 41.8 Å². The maximum absolute atomic E-state index is 12.3. The number of ketones is 1. The van der Waals surface area contributed by atoms with Crippen molar-refractivity contribution in [1.82, 2.24) is 9.88 Å². The van der Waals surface area contributed by atoms with Gasteiger partial charge in [-0.2, -0.15) is 0 Å². The summed E-state index contributed by atoms with van der Waals surface area (Å²) in [6.07, 6.45) is -0.151. The number of ether oxygens (including phenoxy) is 1. The van der Waals surface area contributed by atoms with E-state index in [0.717, 1.165) is 29.6 Å². The molecule has 1 aromatic heterocycles. The van der Waals surface area contributed by atoms with Crippen LogP contribution in [0.2, 0.25) is 0 Å². The average molecular weight is 357 g/mol. The van der Waals surface area contributed by atoms with Crippen LogP contribution in [0.4, 0.5) is 0 Å². The van der Waals surface area contributed by atoms with Crippen molar-refractivity contribution >= 4 is 22.3 Å². The van der Waals surface area contributed by atoms with Gasteiger partial charge in [-0.3, -0.25) is 9.69 Å². The third kappa shape index (κ3) is 3.67. The molecule has 0 aliphatic carbocycles. The maximum atomic E-state index is 12.3. The zero-order valence-electron chi connectivity index (χ0n) is 15.4. The van der Waals surface area contributed by atoms with E-state index in [1.807, 2.05) is 31.2 Å². The molecule has 6 heteroatoms. The van der Waals surface area contributed by atoms with Crippen molar-refractivity contribution in [2.24, 2.45) is 5.73 Å². The molecule has 1 aromatic carbocycles. The number of hydrogen-bond acceptors (Lipinski definition) is 5. The summed E-state index contributed by atoms with van der Waals surface area (Å²) in [4.78, 5) is 17.8. The minimum atomic E-state index is -0.724. The first kappa shape index (κ1) is 18.6. The number of β-amino-alcohol motifs (C(OH)–C–C–N with tert-alkyl or cyclic N) is 1. The lowest BCUT2D eigenvalue weighted by Crippen LogP contribution is -2.39. The monoisotopic (exact) mass is 357 g/mol. The minimum absolute atomic E-state index is 0.101. The molecule has 1 fully saturated rings. The van der Waals surface area contributed by atoms with Crippen molar-refractivity contribution in [2.45, 2.75) is 26.4 Å². The molecule has 1 aliphatic heterocycles. The van der Waals surface area contributed by atoms with Crippen LogP contribution >= 0.6 is 0 Å². The Hall–Kier alpha value is -2.15. The van der Waals surface area contributed by atoms with Crippen LogP contribution in [0.1, 0.15) is 37.6 Å². The topological polar surface area (TPSA) is 91.6 Å². The van der Waals surface area contributed by atoms with Crippen molar-refractivity contribution in [1.29, 1.82) is 0 Å². The van der Waals surface area contributed by atoms with Gasteiger partial charge in [-0.25, -0.2) is 0 Å². The van der Waals surface area contributed by atoms with Gasteiger partial charge < -0.3 is 20.6 Å². The number of H-pyrrole nitrogens is 1. The number of allylic oxidation sites excluding steroid dienone is 2. The molecule has 0 bridgehead atoms. The number of benzene rings is 1. The van der Waals surface area contributed by atoms with Gasteiger partial charge in [-0.1, -0.05) is 25.1 Å². The van der Waals surface area contributed by atoms with Gasteiger partial charge >= 0.3 is 0 Å². The number of aliphatic hydroxyl groups is 1. The molecule has 0 amide bonds.